The summed E-state index contributed by atoms with van der Waals surface area (Å²) >= 11 is 0. The lowest BCUT2D eigenvalue weighted by molar-refractivity contribution is 0.446. The van der Waals surface area contributed by atoms with Crippen molar-refractivity contribution in [1.29, 1.82) is 0 Å². The Balaban J connectivity index is 1.66. The zero-order chi connectivity index (χ0) is 18.1. The summed E-state index contributed by atoms with van der Waals surface area (Å²) in [5.41, 5.74) is 6.23. The number of fused-ring (bicyclic) bond motifs is 1. The molecule has 1 atom stereocenters. The Kier molecular flexibility index (Phi) is 4.62. The molecule has 1 aliphatic carbocycles. The fraction of sp³-hybridized carbons (Fsp3) is 0.348. The first-order valence-corrected chi connectivity index (χ1v) is 9.52. The molecule has 0 saturated heterocycles. The lowest BCUT2D eigenvalue weighted by Crippen LogP contribution is -2.16. The molecule has 0 aliphatic heterocycles. The highest BCUT2D eigenvalue weighted by Gasteiger charge is 2.27. The van der Waals surface area contributed by atoms with Gasteiger partial charge in [0.15, 0.2) is 0 Å². The number of hydrogen-bond donors (Lipinski definition) is 0. The van der Waals surface area contributed by atoms with Crippen LogP contribution in [0.1, 0.15) is 43.1 Å². The Morgan fingerprint density at radius 3 is 2.50 bits per heavy atom. The summed E-state index contributed by atoms with van der Waals surface area (Å²) in [6.07, 6.45) is 4.37. The standard InChI is InChI=1S/C23H25FN2/c1-16(2)26-23(19-9-11-20(24)12-10-19)21-13-8-18(15-22(21)25-26)14-17-6-4-3-5-7-17/h3-7,9-12,16,18H,8,13-15H2,1-2H3. The normalized spacial score (nSPS) is 16.7. The van der Waals surface area contributed by atoms with Crippen LogP contribution in [0.25, 0.3) is 11.3 Å². The second-order valence-electron chi connectivity index (χ2n) is 7.62. The van der Waals surface area contributed by atoms with Crippen molar-refractivity contribution in [2.24, 2.45) is 5.92 Å². The third-order valence-electron chi connectivity index (χ3n) is 5.35. The largest absolute Gasteiger partial charge is 0.262 e. The van der Waals surface area contributed by atoms with Crippen LogP contribution in [0, 0.1) is 11.7 Å². The molecule has 1 aromatic heterocycles. The van der Waals surface area contributed by atoms with Gasteiger partial charge < -0.3 is 0 Å². The minimum Gasteiger partial charge on any atom is -0.262 e. The van der Waals surface area contributed by atoms with Crippen molar-refractivity contribution < 1.29 is 4.39 Å². The van der Waals surface area contributed by atoms with Crippen molar-refractivity contribution >= 4 is 0 Å². The van der Waals surface area contributed by atoms with Crippen LogP contribution in [0.5, 0.6) is 0 Å². The molecule has 1 unspecified atom stereocenters. The van der Waals surface area contributed by atoms with Gasteiger partial charge in [-0.25, -0.2) is 4.39 Å². The van der Waals surface area contributed by atoms with Gasteiger partial charge in [0.25, 0.3) is 0 Å². The van der Waals surface area contributed by atoms with Crippen molar-refractivity contribution in [2.75, 3.05) is 0 Å². The first kappa shape index (κ1) is 17.0. The summed E-state index contributed by atoms with van der Waals surface area (Å²) in [7, 11) is 0. The zero-order valence-electron chi connectivity index (χ0n) is 15.5. The van der Waals surface area contributed by atoms with E-state index in [1.54, 1.807) is 12.1 Å². The van der Waals surface area contributed by atoms with E-state index < -0.39 is 0 Å². The van der Waals surface area contributed by atoms with Crippen LogP contribution in [0.4, 0.5) is 4.39 Å². The van der Waals surface area contributed by atoms with Crippen LogP contribution in [-0.4, -0.2) is 9.78 Å². The van der Waals surface area contributed by atoms with Crippen LogP contribution in [0.2, 0.25) is 0 Å². The van der Waals surface area contributed by atoms with E-state index in [1.807, 2.05) is 12.1 Å². The minimum atomic E-state index is -0.193. The molecular formula is C23H25FN2. The van der Waals surface area contributed by atoms with E-state index in [-0.39, 0.29) is 11.9 Å². The molecule has 0 amide bonds. The average molecular weight is 348 g/mol. The van der Waals surface area contributed by atoms with Crippen molar-refractivity contribution in [3.63, 3.8) is 0 Å². The third kappa shape index (κ3) is 3.31. The van der Waals surface area contributed by atoms with Crippen molar-refractivity contribution in [2.45, 2.75) is 45.6 Å². The van der Waals surface area contributed by atoms with Crippen LogP contribution >= 0.6 is 0 Å². The maximum Gasteiger partial charge on any atom is 0.123 e. The molecule has 0 spiro atoms. The molecule has 0 saturated carbocycles. The summed E-state index contributed by atoms with van der Waals surface area (Å²) in [5.74, 6) is 0.447. The molecule has 0 radical (unpaired) electrons. The lowest BCUT2D eigenvalue weighted by atomic mass is 9.82. The number of rotatable bonds is 4. The Morgan fingerprint density at radius 2 is 1.81 bits per heavy atom. The van der Waals surface area contributed by atoms with Gasteiger partial charge in [-0.05, 0) is 75.3 Å². The first-order valence-electron chi connectivity index (χ1n) is 9.52. The van der Waals surface area contributed by atoms with Crippen molar-refractivity contribution in [3.8, 4) is 11.3 Å². The second kappa shape index (κ2) is 7.06. The van der Waals surface area contributed by atoms with Crippen LogP contribution in [-0.2, 0) is 19.3 Å². The highest BCUT2D eigenvalue weighted by Crippen LogP contribution is 2.36. The topological polar surface area (TPSA) is 17.8 Å². The van der Waals surface area contributed by atoms with Gasteiger partial charge in [-0.1, -0.05) is 30.3 Å². The molecular weight excluding hydrogens is 323 g/mol. The zero-order valence-corrected chi connectivity index (χ0v) is 15.5. The predicted molar refractivity (Wildman–Crippen MR) is 104 cm³/mol. The number of nitrogens with zero attached hydrogens (tertiary/aromatic N) is 2. The molecule has 0 fully saturated rings. The maximum absolute atomic E-state index is 13.4. The second-order valence-corrected chi connectivity index (χ2v) is 7.62. The summed E-state index contributed by atoms with van der Waals surface area (Å²) in [4.78, 5) is 0. The highest BCUT2D eigenvalue weighted by atomic mass is 19.1. The number of hydrogen-bond acceptors (Lipinski definition) is 1. The quantitative estimate of drug-likeness (QED) is 0.598. The van der Waals surface area contributed by atoms with E-state index in [4.69, 9.17) is 5.10 Å². The molecule has 26 heavy (non-hydrogen) atoms. The molecule has 3 aromatic rings. The maximum atomic E-state index is 13.4. The molecule has 2 nitrogen and oxygen atoms in total. The van der Waals surface area contributed by atoms with Crippen molar-refractivity contribution in [3.05, 3.63) is 77.2 Å². The van der Waals surface area contributed by atoms with Crippen LogP contribution in [0.3, 0.4) is 0 Å². The Labute approximate surface area is 154 Å². The van der Waals surface area contributed by atoms with Gasteiger partial charge in [0.2, 0.25) is 0 Å². The third-order valence-corrected chi connectivity index (χ3v) is 5.35. The molecule has 134 valence electrons. The molecule has 0 N–H and O–H groups in total. The van der Waals surface area contributed by atoms with Gasteiger partial charge in [-0.2, -0.15) is 5.10 Å². The van der Waals surface area contributed by atoms with E-state index in [0.717, 1.165) is 24.8 Å². The molecule has 2 aromatic carbocycles. The van der Waals surface area contributed by atoms with Gasteiger partial charge in [-0.15, -0.1) is 0 Å². The van der Waals surface area contributed by atoms with E-state index >= 15 is 0 Å². The SMILES string of the molecule is CC(C)n1nc2c(c1-c1ccc(F)cc1)CCC(Cc1ccccc1)C2. The molecule has 0 bridgehead atoms. The Morgan fingerprint density at radius 1 is 1.08 bits per heavy atom. The summed E-state index contributed by atoms with van der Waals surface area (Å²) in [6, 6.07) is 17.9. The van der Waals surface area contributed by atoms with E-state index in [1.165, 1.54) is 28.9 Å². The average Bonchev–Trinajstić information content (AvgIpc) is 3.02. The molecule has 1 heterocycles. The van der Waals surface area contributed by atoms with Gasteiger partial charge >= 0.3 is 0 Å². The molecule has 1 aliphatic rings. The Bertz CT molecular complexity index is 879. The van der Waals surface area contributed by atoms with Gasteiger partial charge in [0.05, 0.1) is 11.4 Å². The van der Waals surface area contributed by atoms with E-state index in [9.17, 15) is 4.39 Å². The molecule has 3 heteroatoms. The summed E-state index contributed by atoms with van der Waals surface area (Å²) in [6.45, 7) is 4.32. The summed E-state index contributed by atoms with van der Waals surface area (Å²) < 4.78 is 15.5. The molecule has 4 rings (SSSR count). The fourth-order valence-electron chi connectivity index (χ4n) is 4.08. The minimum absolute atomic E-state index is 0.193. The summed E-state index contributed by atoms with van der Waals surface area (Å²) in [5, 5.41) is 4.96. The number of halogens is 1. The number of aromatic nitrogens is 2. The monoisotopic (exact) mass is 348 g/mol. The van der Waals surface area contributed by atoms with Crippen molar-refractivity contribution in [1.82, 2.24) is 9.78 Å². The first-order chi connectivity index (χ1) is 12.6. The van der Waals surface area contributed by atoms with E-state index in [0.29, 0.717) is 5.92 Å². The van der Waals surface area contributed by atoms with Crippen LogP contribution in [0.15, 0.2) is 54.6 Å². The van der Waals surface area contributed by atoms with Gasteiger partial charge in [0, 0.05) is 17.2 Å². The van der Waals surface area contributed by atoms with Crippen LogP contribution < -0.4 is 0 Å². The number of benzene rings is 2. The lowest BCUT2D eigenvalue weighted by Gasteiger charge is -2.22. The highest BCUT2D eigenvalue weighted by molar-refractivity contribution is 5.65. The van der Waals surface area contributed by atoms with Gasteiger partial charge in [-0.3, -0.25) is 4.68 Å². The smallest absolute Gasteiger partial charge is 0.123 e. The Hall–Kier alpha value is -2.42. The van der Waals surface area contributed by atoms with Gasteiger partial charge in [0.1, 0.15) is 5.82 Å². The van der Waals surface area contributed by atoms with E-state index in [2.05, 4.69) is 48.9 Å². The fourth-order valence-corrected chi connectivity index (χ4v) is 4.08. The predicted octanol–water partition coefficient (Wildman–Crippen LogP) is 5.62.